The van der Waals surface area contributed by atoms with Crippen molar-refractivity contribution in [1.82, 2.24) is 8.87 Å². The van der Waals surface area contributed by atoms with Crippen molar-refractivity contribution in [2.75, 3.05) is 30.8 Å². The van der Waals surface area contributed by atoms with Crippen molar-refractivity contribution in [3.05, 3.63) is 72.1 Å². The Hall–Kier alpha value is -3.63. The number of anilines is 2. The lowest BCUT2D eigenvalue weighted by Gasteiger charge is -2.13. The largest absolute Gasteiger partial charge is 0.497 e. The van der Waals surface area contributed by atoms with Crippen LogP contribution in [0.15, 0.2) is 65.7 Å². The van der Waals surface area contributed by atoms with Crippen molar-refractivity contribution < 1.29 is 22.7 Å². The van der Waals surface area contributed by atoms with E-state index in [1.165, 1.54) is 21.1 Å². The molecule has 0 aliphatic carbocycles. The zero-order chi connectivity index (χ0) is 24.3. The third-order valence-corrected chi connectivity index (χ3v) is 7.53. The summed E-state index contributed by atoms with van der Waals surface area (Å²) >= 11 is 0. The highest BCUT2D eigenvalue weighted by Gasteiger charge is 2.29. The number of aryl methyl sites for hydroxylation is 1. The monoisotopic (exact) mass is 482 g/mol. The van der Waals surface area contributed by atoms with Gasteiger partial charge in [-0.1, -0.05) is 0 Å². The highest BCUT2D eigenvalue weighted by molar-refractivity contribution is 7.89. The Bertz CT molecular complexity index is 1290. The molecule has 178 valence electrons. The standard InChI is InChI=1S/C24H26N4O5S/c1-27-16-21(34(31,32)28-13-3-4-14-28)15-22(27)24(30)26-18-7-5-17(6-8-18)23(29)25-19-9-11-20(33-2)12-10-19/h5-12,15-16H,3-4,13-14H2,1-2H3,(H,25,29)(H,26,30). The predicted molar refractivity (Wildman–Crippen MR) is 129 cm³/mol. The van der Waals surface area contributed by atoms with Crippen molar-refractivity contribution in [3.63, 3.8) is 0 Å². The van der Waals surface area contributed by atoms with E-state index in [4.69, 9.17) is 4.74 Å². The van der Waals surface area contributed by atoms with Crippen LogP contribution in [0.1, 0.15) is 33.7 Å². The first-order valence-electron chi connectivity index (χ1n) is 10.8. The maximum absolute atomic E-state index is 12.8. The van der Waals surface area contributed by atoms with Crippen LogP contribution >= 0.6 is 0 Å². The SMILES string of the molecule is COc1ccc(NC(=O)c2ccc(NC(=O)c3cc(S(=O)(=O)N4CCCC4)cn3C)cc2)cc1. The van der Waals surface area contributed by atoms with Gasteiger partial charge in [0.15, 0.2) is 0 Å². The summed E-state index contributed by atoms with van der Waals surface area (Å²) in [6.07, 6.45) is 3.14. The van der Waals surface area contributed by atoms with Gasteiger partial charge in [-0.05, 0) is 67.4 Å². The van der Waals surface area contributed by atoms with Crippen LogP contribution in [-0.4, -0.2) is 49.3 Å². The highest BCUT2D eigenvalue weighted by Crippen LogP contribution is 2.23. The molecule has 1 aliphatic rings. The van der Waals surface area contributed by atoms with Crippen LogP contribution < -0.4 is 15.4 Å². The summed E-state index contributed by atoms with van der Waals surface area (Å²) in [4.78, 5) is 25.4. The molecule has 0 spiro atoms. The number of methoxy groups -OCH3 is 1. The van der Waals surface area contributed by atoms with Crippen LogP contribution in [0.2, 0.25) is 0 Å². The van der Waals surface area contributed by atoms with Gasteiger partial charge in [0.25, 0.3) is 11.8 Å². The Labute approximate surface area is 198 Å². The number of hydrogen-bond acceptors (Lipinski definition) is 5. The fraction of sp³-hybridized carbons (Fsp3) is 0.250. The van der Waals surface area contributed by atoms with Crippen LogP contribution in [0.25, 0.3) is 0 Å². The molecule has 3 aromatic rings. The maximum atomic E-state index is 12.8. The van der Waals surface area contributed by atoms with E-state index in [-0.39, 0.29) is 16.5 Å². The Morgan fingerprint density at radius 1 is 0.882 bits per heavy atom. The van der Waals surface area contributed by atoms with Gasteiger partial charge in [0.2, 0.25) is 10.0 Å². The molecule has 1 aliphatic heterocycles. The molecule has 10 heteroatoms. The zero-order valence-electron chi connectivity index (χ0n) is 18.9. The molecule has 0 atom stereocenters. The lowest BCUT2D eigenvalue weighted by atomic mass is 10.2. The summed E-state index contributed by atoms with van der Waals surface area (Å²) in [5.74, 6) is -0.0415. The smallest absolute Gasteiger partial charge is 0.272 e. The fourth-order valence-electron chi connectivity index (χ4n) is 3.76. The van der Waals surface area contributed by atoms with Crippen molar-refractivity contribution >= 4 is 33.2 Å². The molecule has 4 rings (SSSR count). The van der Waals surface area contributed by atoms with E-state index in [0.717, 1.165) is 12.8 Å². The molecule has 2 aromatic carbocycles. The second-order valence-corrected chi connectivity index (χ2v) is 9.94. The molecule has 0 saturated carbocycles. The average molecular weight is 483 g/mol. The number of carbonyl (C=O) groups is 2. The third-order valence-electron chi connectivity index (χ3n) is 5.67. The molecule has 1 aromatic heterocycles. The Morgan fingerprint density at radius 3 is 2.03 bits per heavy atom. The maximum Gasteiger partial charge on any atom is 0.272 e. The van der Waals surface area contributed by atoms with E-state index in [1.54, 1.807) is 62.7 Å². The highest BCUT2D eigenvalue weighted by atomic mass is 32.2. The second-order valence-electron chi connectivity index (χ2n) is 8.00. The van der Waals surface area contributed by atoms with Crippen LogP contribution in [0.3, 0.4) is 0 Å². The summed E-state index contributed by atoms with van der Waals surface area (Å²) in [6.45, 7) is 0.994. The molecule has 2 heterocycles. The van der Waals surface area contributed by atoms with Gasteiger partial charge in [0.1, 0.15) is 16.3 Å². The van der Waals surface area contributed by atoms with E-state index in [2.05, 4.69) is 10.6 Å². The van der Waals surface area contributed by atoms with E-state index >= 15 is 0 Å². The number of nitrogens with one attached hydrogen (secondary N) is 2. The Morgan fingerprint density at radius 2 is 1.44 bits per heavy atom. The summed E-state index contributed by atoms with van der Waals surface area (Å²) in [5, 5.41) is 5.55. The summed E-state index contributed by atoms with van der Waals surface area (Å²) in [5.41, 5.74) is 1.76. The molecular formula is C24H26N4O5S. The van der Waals surface area contributed by atoms with E-state index in [0.29, 0.717) is 35.8 Å². The van der Waals surface area contributed by atoms with Crippen LogP contribution in [0.4, 0.5) is 11.4 Å². The van der Waals surface area contributed by atoms with E-state index < -0.39 is 15.9 Å². The van der Waals surface area contributed by atoms with Crippen LogP contribution in [0, 0.1) is 0 Å². The van der Waals surface area contributed by atoms with Crippen molar-refractivity contribution in [3.8, 4) is 5.75 Å². The Balaban J connectivity index is 1.41. The minimum absolute atomic E-state index is 0.104. The van der Waals surface area contributed by atoms with Gasteiger partial charge in [0.05, 0.1) is 7.11 Å². The predicted octanol–water partition coefficient (Wildman–Crippen LogP) is 3.32. The van der Waals surface area contributed by atoms with Crippen LogP contribution in [-0.2, 0) is 17.1 Å². The zero-order valence-corrected chi connectivity index (χ0v) is 19.8. The minimum atomic E-state index is -3.61. The number of rotatable bonds is 7. The van der Waals surface area contributed by atoms with Gasteiger partial charge in [-0.2, -0.15) is 4.31 Å². The van der Waals surface area contributed by atoms with Gasteiger partial charge < -0.3 is 19.9 Å². The fourth-order valence-corrected chi connectivity index (χ4v) is 5.35. The number of hydrogen-bond donors (Lipinski definition) is 2. The minimum Gasteiger partial charge on any atom is -0.497 e. The second kappa shape index (κ2) is 9.70. The van der Waals surface area contributed by atoms with Gasteiger partial charge in [0, 0.05) is 43.3 Å². The molecule has 0 radical (unpaired) electrons. The van der Waals surface area contributed by atoms with Gasteiger partial charge in [-0.25, -0.2) is 8.42 Å². The molecule has 2 amide bonds. The summed E-state index contributed by atoms with van der Waals surface area (Å²) in [6, 6.07) is 14.8. The summed E-state index contributed by atoms with van der Waals surface area (Å²) < 4.78 is 33.6. The molecule has 0 bridgehead atoms. The number of nitrogens with zero attached hydrogens (tertiary/aromatic N) is 2. The number of amides is 2. The number of sulfonamides is 1. The number of aromatic nitrogens is 1. The first-order valence-corrected chi connectivity index (χ1v) is 12.3. The molecule has 2 N–H and O–H groups in total. The van der Waals surface area contributed by atoms with E-state index in [9.17, 15) is 18.0 Å². The molecule has 1 fully saturated rings. The first-order chi connectivity index (χ1) is 16.3. The van der Waals surface area contributed by atoms with Gasteiger partial charge >= 0.3 is 0 Å². The number of ether oxygens (including phenoxy) is 1. The number of benzene rings is 2. The lowest BCUT2D eigenvalue weighted by molar-refractivity contribution is 0.101. The lowest BCUT2D eigenvalue weighted by Crippen LogP contribution is -2.27. The number of carbonyl (C=O) groups excluding carboxylic acids is 2. The summed E-state index contributed by atoms with van der Waals surface area (Å²) in [7, 11) is -0.411. The van der Waals surface area contributed by atoms with Crippen LogP contribution in [0.5, 0.6) is 5.75 Å². The quantitative estimate of drug-likeness (QED) is 0.537. The molecular weight excluding hydrogens is 456 g/mol. The molecule has 9 nitrogen and oxygen atoms in total. The molecule has 0 unspecified atom stereocenters. The van der Waals surface area contributed by atoms with Crippen molar-refractivity contribution in [2.24, 2.45) is 7.05 Å². The third kappa shape index (κ3) is 4.97. The molecule has 34 heavy (non-hydrogen) atoms. The van der Waals surface area contributed by atoms with E-state index in [1.807, 2.05) is 0 Å². The Kier molecular flexibility index (Phi) is 6.71. The van der Waals surface area contributed by atoms with Gasteiger partial charge in [-0.15, -0.1) is 0 Å². The first kappa shape index (κ1) is 23.5. The normalized spacial score (nSPS) is 14.1. The van der Waals surface area contributed by atoms with Gasteiger partial charge in [-0.3, -0.25) is 9.59 Å². The average Bonchev–Trinajstić information content (AvgIpc) is 3.51. The van der Waals surface area contributed by atoms with Crippen molar-refractivity contribution in [1.29, 1.82) is 0 Å². The molecule has 1 saturated heterocycles. The topological polar surface area (TPSA) is 110 Å². The van der Waals surface area contributed by atoms with Crippen molar-refractivity contribution in [2.45, 2.75) is 17.7 Å².